The van der Waals surface area contributed by atoms with E-state index in [0.29, 0.717) is 30.9 Å². The third-order valence-electron chi connectivity index (χ3n) is 5.69. The largest absolute Gasteiger partial charge is 0.493 e. The SMILES string of the molecule is O=C(N[C@H]1CCOc2ccccc21)c1cnc2c(-c3cc(F)cc(F)c3F)c(F)ccc2c1Cl. The third-order valence-corrected chi connectivity index (χ3v) is 6.10. The van der Waals surface area contributed by atoms with Crippen LogP contribution in [-0.2, 0) is 0 Å². The summed E-state index contributed by atoms with van der Waals surface area (Å²) in [5.41, 5.74) is -0.399. The molecule has 0 saturated carbocycles. The van der Waals surface area contributed by atoms with Crippen molar-refractivity contribution in [3.05, 3.63) is 94.1 Å². The van der Waals surface area contributed by atoms with Gasteiger partial charge in [0.2, 0.25) is 0 Å². The van der Waals surface area contributed by atoms with Crippen LogP contribution in [0.5, 0.6) is 5.75 Å². The molecule has 1 atom stereocenters. The standard InChI is InChI=1S/C25H15ClF4N2O2/c26-22-14-5-6-17(28)21(15-9-12(27)10-18(29)23(15)30)24(14)31-11-16(22)25(33)32-19-7-8-34-20-4-2-1-3-13(19)20/h1-6,9-11,19H,7-8H2,(H,32,33)/t19-/m0/s1. The van der Waals surface area contributed by atoms with Crippen LogP contribution in [0.3, 0.4) is 0 Å². The summed E-state index contributed by atoms with van der Waals surface area (Å²) >= 11 is 6.48. The number of fused-ring (bicyclic) bond motifs is 2. The molecule has 1 aliphatic heterocycles. The molecule has 4 nitrogen and oxygen atoms in total. The van der Waals surface area contributed by atoms with Gasteiger partial charge in [0, 0.05) is 40.8 Å². The predicted octanol–water partition coefficient (Wildman–Crippen LogP) is 6.37. The first-order valence-electron chi connectivity index (χ1n) is 10.3. The second-order valence-corrected chi connectivity index (χ2v) is 8.13. The monoisotopic (exact) mass is 486 g/mol. The zero-order chi connectivity index (χ0) is 24.0. The Morgan fingerprint density at radius 2 is 1.85 bits per heavy atom. The highest BCUT2D eigenvalue weighted by Crippen LogP contribution is 2.37. The molecule has 1 N–H and O–H groups in total. The van der Waals surface area contributed by atoms with Crippen LogP contribution in [0.1, 0.15) is 28.4 Å². The van der Waals surface area contributed by atoms with Crippen LogP contribution in [0.4, 0.5) is 17.6 Å². The van der Waals surface area contributed by atoms with Gasteiger partial charge in [-0.25, -0.2) is 17.6 Å². The molecule has 34 heavy (non-hydrogen) atoms. The summed E-state index contributed by atoms with van der Waals surface area (Å²) in [5.74, 6) is -4.77. The maximum absolute atomic E-state index is 14.7. The number of nitrogens with zero attached hydrogens (tertiary/aromatic N) is 1. The van der Waals surface area contributed by atoms with Gasteiger partial charge in [-0.1, -0.05) is 29.8 Å². The summed E-state index contributed by atoms with van der Waals surface area (Å²) in [6.45, 7) is 0.421. The summed E-state index contributed by atoms with van der Waals surface area (Å²) in [6.07, 6.45) is 1.67. The molecule has 1 aliphatic rings. The Morgan fingerprint density at radius 3 is 2.68 bits per heavy atom. The third kappa shape index (κ3) is 3.74. The molecule has 9 heteroatoms. The number of carbonyl (C=O) groups excluding carboxylic acids is 1. The average Bonchev–Trinajstić information content (AvgIpc) is 2.82. The molecule has 172 valence electrons. The van der Waals surface area contributed by atoms with Gasteiger partial charge in [-0.05, 0) is 24.3 Å². The predicted molar refractivity (Wildman–Crippen MR) is 119 cm³/mol. The lowest BCUT2D eigenvalue weighted by molar-refractivity contribution is 0.0924. The number of carbonyl (C=O) groups is 1. The van der Waals surface area contributed by atoms with Gasteiger partial charge in [0.15, 0.2) is 11.6 Å². The van der Waals surface area contributed by atoms with E-state index in [9.17, 15) is 22.4 Å². The highest BCUT2D eigenvalue weighted by atomic mass is 35.5. The van der Waals surface area contributed by atoms with Gasteiger partial charge in [-0.15, -0.1) is 0 Å². The first-order valence-corrected chi connectivity index (χ1v) is 10.7. The normalized spacial score (nSPS) is 15.0. The highest BCUT2D eigenvalue weighted by Gasteiger charge is 2.26. The molecular formula is C25H15ClF4N2O2. The van der Waals surface area contributed by atoms with Gasteiger partial charge in [-0.2, -0.15) is 0 Å². The lowest BCUT2D eigenvalue weighted by Crippen LogP contribution is -2.32. The second kappa shape index (κ2) is 8.61. The molecule has 0 unspecified atom stereocenters. The number of rotatable bonds is 3. The molecule has 0 fully saturated rings. The van der Waals surface area contributed by atoms with E-state index >= 15 is 0 Å². The summed E-state index contributed by atoms with van der Waals surface area (Å²) in [6, 6.07) is 10.3. The first kappa shape index (κ1) is 22.2. The molecule has 5 rings (SSSR count). The fourth-order valence-electron chi connectivity index (χ4n) is 4.09. The Balaban J connectivity index is 1.57. The van der Waals surface area contributed by atoms with E-state index in [0.717, 1.165) is 17.8 Å². The minimum absolute atomic E-state index is 0.0154. The van der Waals surface area contributed by atoms with Gasteiger partial charge in [-0.3, -0.25) is 9.78 Å². The quantitative estimate of drug-likeness (QED) is 0.270. The first-order chi connectivity index (χ1) is 16.3. The highest BCUT2D eigenvalue weighted by molar-refractivity contribution is 6.38. The van der Waals surface area contributed by atoms with Crippen molar-refractivity contribution >= 4 is 28.4 Å². The summed E-state index contributed by atoms with van der Waals surface area (Å²) < 4.78 is 62.3. The second-order valence-electron chi connectivity index (χ2n) is 7.75. The molecule has 0 saturated heterocycles. The van der Waals surface area contributed by atoms with Crippen molar-refractivity contribution in [3.63, 3.8) is 0 Å². The number of pyridine rings is 1. The molecule has 0 spiro atoms. The number of amides is 1. The van der Waals surface area contributed by atoms with Crippen molar-refractivity contribution < 1.29 is 27.1 Å². The van der Waals surface area contributed by atoms with E-state index in [4.69, 9.17) is 16.3 Å². The molecule has 0 radical (unpaired) electrons. The zero-order valence-electron chi connectivity index (χ0n) is 17.3. The van der Waals surface area contributed by atoms with Gasteiger partial charge in [0.25, 0.3) is 5.91 Å². The smallest absolute Gasteiger partial charge is 0.254 e. The molecular weight excluding hydrogens is 472 g/mol. The van der Waals surface area contributed by atoms with Crippen LogP contribution in [0.25, 0.3) is 22.0 Å². The molecule has 4 aromatic rings. The molecule has 1 amide bonds. The summed E-state index contributed by atoms with van der Waals surface area (Å²) in [4.78, 5) is 17.2. The zero-order valence-corrected chi connectivity index (χ0v) is 18.1. The maximum Gasteiger partial charge on any atom is 0.254 e. The molecule has 0 aliphatic carbocycles. The molecule has 0 bridgehead atoms. The van der Waals surface area contributed by atoms with Crippen molar-refractivity contribution in [2.75, 3.05) is 6.61 Å². The Hall–Kier alpha value is -3.65. The Kier molecular flexibility index (Phi) is 5.61. The number of nitrogens with one attached hydrogen (secondary N) is 1. The minimum atomic E-state index is -1.47. The van der Waals surface area contributed by atoms with E-state index < -0.39 is 40.3 Å². The van der Waals surface area contributed by atoms with Crippen LogP contribution in [0, 0.1) is 23.3 Å². The lowest BCUT2D eigenvalue weighted by Gasteiger charge is -2.26. The summed E-state index contributed by atoms with van der Waals surface area (Å²) in [5, 5.41) is 2.97. The number of aromatic nitrogens is 1. The average molecular weight is 487 g/mol. The Bertz CT molecular complexity index is 1460. The van der Waals surface area contributed by atoms with E-state index in [2.05, 4.69) is 10.3 Å². The number of ether oxygens (including phenoxy) is 1. The maximum atomic E-state index is 14.7. The van der Waals surface area contributed by atoms with Gasteiger partial charge >= 0.3 is 0 Å². The van der Waals surface area contributed by atoms with E-state index in [1.54, 1.807) is 0 Å². The Morgan fingerprint density at radius 1 is 1.06 bits per heavy atom. The van der Waals surface area contributed by atoms with Crippen molar-refractivity contribution in [2.24, 2.45) is 0 Å². The van der Waals surface area contributed by atoms with E-state index in [1.165, 1.54) is 6.07 Å². The van der Waals surface area contributed by atoms with Crippen molar-refractivity contribution in [1.29, 1.82) is 0 Å². The van der Waals surface area contributed by atoms with Gasteiger partial charge in [0.05, 0.1) is 28.8 Å². The van der Waals surface area contributed by atoms with Crippen LogP contribution in [-0.4, -0.2) is 17.5 Å². The number of halogens is 5. The summed E-state index contributed by atoms with van der Waals surface area (Å²) in [7, 11) is 0. The van der Waals surface area contributed by atoms with Crippen LogP contribution >= 0.6 is 11.6 Å². The fraction of sp³-hybridized carbons (Fsp3) is 0.120. The van der Waals surface area contributed by atoms with Crippen molar-refractivity contribution in [1.82, 2.24) is 10.3 Å². The Labute approximate surface area is 196 Å². The van der Waals surface area contributed by atoms with Crippen molar-refractivity contribution in [2.45, 2.75) is 12.5 Å². The van der Waals surface area contributed by atoms with Gasteiger partial charge in [0.1, 0.15) is 17.4 Å². The van der Waals surface area contributed by atoms with E-state index in [-0.39, 0.29) is 27.5 Å². The molecule has 3 aromatic carbocycles. The minimum Gasteiger partial charge on any atom is -0.493 e. The lowest BCUT2D eigenvalue weighted by atomic mass is 9.98. The van der Waals surface area contributed by atoms with Crippen LogP contribution in [0.15, 0.2) is 54.7 Å². The van der Waals surface area contributed by atoms with Crippen LogP contribution < -0.4 is 10.1 Å². The molecule has 1 aromatic heterocycles. The number of hydrogen-bond donors (Lipinski definition) is 1. The number of para-hydroxylation sites is 1. The fourth-order valence-corrected chi connectivity index (χ4v) is 4.38. The van der Waals surface area contributed by atoms with Gasteiger partial charge < -0.3 is 10.1 Å². The number of benzene rings is 3. The number of hydrogen-bond acceptors (Lipinski definition) is 3. The van der Waals surface area contributed by atoms with Crippen molar-refractivity contribution in [3.8, 4) is 16.9 Å². The van der Waals surface area contributed by atoms with Crippen LogP contribution in [0.2, 0.25) is 5.02 Å². The topological polar surface area (TPSA) is 51.2 Å². The molecule has 2 heterocycles. The van der Waals surface area contributed by atoms with E-state index in [1.807, 2.05) is 24.3 Å².